The number of anilines is 1. The van der Waals surface area contributed by atoms with Crippen molar-refractivity contribution >= 4 is 27.5 Å². The zero-order chi connectivity index (χ0) is 24.9. The average Bonchev–Trinajstić information content (AvgIpc) is 2.83. The highest BCUT2D eigenvalue weighted by Crippen LogP contribution is 2.26. The number of rotatable bonds is 8. The van der Waals surface area contributed by atoms with Crippen LogP contribution in [0.15, 0.2) is 53.4 Å². The van der Waals surface area contributed by atoms with Gasteiger partial charge in [0.1, 0.15) is 0 Å². The summed E-state index contributed by atoms with van der Waals surface area (Å²) >= 11 is 0. The van der Waals surface area contributed by atoms with Gasteiger partial charge in [0.2, 0.25) is 15.9 Å². The molecular formula is C26H35N3O4S. The Morgan fingerprint density at radius 2 is 1.59 bits per heavy atom. The molecule has 2 aromatic rings. The lowest BCUT2D eigenvalue weighted by molar-refractivity contribution is -0.120. The van der Waals surface area contributed by atoms with Gasteiger partial charge in [-0.3, -0.25) is 9.59 Å². The first-order chi connectivity index (χ1) is 16.1. The van der Waals surface area contributed by atoms with Gasteiger partial charge in [-0.15, -0.1) is 0 Å². The fraction of sp³-hybridized carbons (Fsp3) is 0.462. The van der Waals surface area contributed by atoms with E-state index in [1.807, 2.05) is 26.0 Å². The number of carbonyl (C=O) groups is 2. The van der Waals surface area contributed by atoms with E-state index in [-0.39, 0.29) is 35.7 Å². The van der Waals surface area contributed by atoms with Gasteiger partial charge in [-0.1, -0.05) is 52.0 Å². The minimum Gasteiger partial charge on any atom is -0.352 e. The Hall–Kier alpha value is -2.71. The van der Waals surface area contributed by atoms with Gasteiger partial charge < -0.3 is 10.6 Å². The van der Waals surface area contributed by atoms with Gasteiger partial charge in [0.25, 0.3) is 5.91 Å². The summed E-state index contributed by atoms with van der Waals surface area (Å²) in [6.07, 6.45) is 0.855. The Morgan fingerprint density at radius 3 is 2.18 bits per heavy atom. The van der Waals surface area contributed by atoms with Crippen LogP contribution in [0.3, 0.4) is 0 Å². The summed E-state index contributed by atoms with van der Waals surface area (Å²) in [4.78, 5) is 25.7. The number of nitrogens with one attached hydrogen (secondary N) is 2. The van der Waals surface area contributed by atoms with Crippen molar-refractivity contribution in [3.8, 4) is 0 Å². The third-order valence-corrected chi connectivity index (χ3v) is 8.02. The highest BCUT2D eigenvalue weighted by molar-refractivity contribution is 7.89. The number of para-hydroxylation sites is 1. The Morgan fingerprint density at radius 1 is 0.971 bits per heavy atom. The summed E-state index contributed by atoms with van der Waals surface area (Å²) in [5.74, 6) is -0.0873. The van der Waals surface area contributed by atoms with E-state index in [4.69, 9.17) is 0 Å². The van der Waals surface area contributed by atoms with Crippen LogP contribution in [0, 0.1) is 11.8 Å². The molecule has 2 N–H and O–H groups in total. The van der Waals surface area contributed by atoms with Crippen molar-refractivity contribution in [1.82, 2.24) is 9.62 Å². The van der Waals surface area contributed by atoms with Crippen LogP contribution in [0.1, 0.15) is 62.4 Å². The van der Waals surface area contributed by atoms with Crippen molar-refractivity contribution in [1.29, 1.82) is 0 Å². The molecule has 0 aromatic heterocycles. The van der Waals surface area contributed by atoms with Crippen molar-refractivity contribution in [2.45, 2.75) is 51.3 Å². The number of piperidine rings is 1. The number of sulfonamides is 1. The summed E-state index contributed by atoms with van der Waals surface area (Å²) < 4.78 is 27.5. The third-order valence-electron chi connectivity index (χ3n) is 6.11. The van der Waals surface area contributed by atoms with Gasteiger partial charge in [0.05, 0.1) is 16.1 Å². The fourth-order valence-corrected chi connectivity index (χ4v) is 5.42. The monoisotopic (exact) mass is 485 g/mol. The Kier molecular flexibility index (Phi) is 8.49. The maximum Gasteiger partial charge on any atom is 0.253 e. The zero-order valence-electron chi connectivity index (χ0n) is 20.4. The molecule has 0 aliphatic carbocycles. The van der Waals surface area contributed by atoms with Gasteiger partial charge in [-0.05, 0) is 54.5 Å². The number of amides is 2. The average molecular weight is 486 g/mol. The van der Waals surface area contributed by atoms with Crippen LogP contribution in [-0.4, -0.2) is 44.2 Å². The molecule has 0 spiro atoms. The molecule has 0 atom stereocenters. The van der Waals surface area contributed by atoms with Crippen LogP contribution in [0.2, 0.25) is 0 Å². The summed E-state index contributed by atoms with van der Waals surface area (Å²) in [7, 11) is -3.60. The predicted octanol–water partition coefficient (Wildman–Crippen LogP) is 4.24. The molecule has 8 heteroatoms. The molecule has 2 aromatic carbocycles. The molecule has 1 saturated heterocycles. The topological polar surface area (TPSA) is 95.6 Å². The van der Waals surface area contributed by atoms with Crippen LogP contribution < -0.4 is 10.6 Å². The Balaban J connectivity index is 1.61. The summed E-state index contributed by atoms with van der Waals surface area (Å²) in [6, 6.07) is 14.0. The second kappa shape index (κ2) is 11.1. The second-order valence-electron chi connectivity index (χ2n) is 9.54. The van der Waals surface area contributed by atoms with Crippen molar-refractivity contribution in [3.63, 3.8) is 0 Å². The van der Waals surface area contributed by atoms with E-state index >= 15 is 0 Å². The number of carbonyl (C=O) groups excluding carboxylic acids is 2. The SMILES string of the molecule is CC(C)CNC(=O)c1ccccc1NC(=O)C1CCN(S(=O)(=O)c2ccc(C(C)C)cc2)CC1. The highest BCUT2D eigenvalue weighted by Gasteiger charge is 2.32. The zero-order valence-corrected chi connectivity index (χ0v) is 21.2. The van der Waals surface area contributed by atoms with E-state index in [0.29, 0.717) is 42.5 Å². The first-order valence-corrected chi connectivity index (χ1v) is 13.3. The molecule has 1 aliphatic heterocycles. The highest BCUT2D eigenvalue weighted by atomic mass is 32.2. The molecule has 34 heavy (non-hydrogen) atoms. The van der Waals surface area contributed by atoms with Crippen LogP contribution in [0.4, 0.5) is 5.69 Å². The molecule has 2 amide bonds. The number of benzene rings is 2. The largest absolute Gasteiger partial charge is 0.352 e. The van der Waals surface area contributed by atoms with Crippen molar-refractivity contribution in [2.24, 2.45) is 11.8 Å². The number of hydrogen-bond donors (Lipinski definition) is 2. The second-order valence-corrected chi connectivity index (χ2v) is 11.5. The Labute approximate surface area is 203 Å². The van der Waals surface area contributed by atoms with E-state index in [2.05, 4.69) is 24.5 Å². The van der Waals surface area contributed by atoms with Crippen LogP contribution in [-0.2, 0) is 14.8 Å². The smallest absolute Gasteiger partial charge is 0.253 e. The van der Waals surface area contributed by atoms with Gasteiger partial charge >= 0.3 is 0 Å². The van der Waals surface area contributed by atoms with E-state index < -0.39 is 10.0 Å². The van der Waals surface area contributed by atoms with Gasteiger partial charge in [-0.25, -0.2) is 8.42 Å². The molecule has 3 rings (SSSR count). The molecule has 1 aliphatic rings. The first-order valence-electron chi connectivity index (χ1n) is 11.9. The van der Waals surface area contributed by atoms with Crippen molar-refractivity contribution in [2.75, 3.05) is 25.0 Å². The van der Waals surface area contributed by atoms with Gasteiger partial charge in [0, 0.05) is 25.6 Å². The summed E-state index contributed by atoms with van der Waals surface area (Å²) in [5.41, 5.74) is 1.97. The van der Waals surface area contributed by atoms with E-state index in [1.54, 1.807) is 36.4 Å². The molecule has 7 nitrogen and oxygen atoms in total. The molecule has 1 fully saturated rings. The molecule has 0 unspecified atom stereocenters. The lowest BCUT2D eigenvalue weighted by atomic mass is 9.97. The predicted molar refractivity (Wildman–Crippen MR) is 134 cm³/mol. The minimum absolute atomic E-state index is 0.192. The van der Waals surface area contributed by atoms with E-state index in [1.165, 1.54) is 4.31 Å². The molecule has 0 radical (unpaired) electrons. The van der Waals surface area contributed by atoms with Gasteiger partial charge in [0.15, 0.2) is 0 Å². The standard InChI is InChI=1S/C26H35N3O4S/c1-18(2)17-27-26(31)23-7-5-6-8-24(23)28-25(30)21-13-15-29(16-14-21)34(32,33)22-11-9-20(10-12-22)19(3)4/h5-12,18-19,21H,13-17H2,1-4H3,(H,27,31)(H,28,30). The van der Waals surface area contributed by atoms with E-state index in [0.717, 1.165) is 5.56 Å². The van der Waals surface area contributed by atoms with Crippen LogP contribution >= 0.6 is 0 Å². The molecule has 1 heterocycles. The molecule has 0 saturated carbocycles. The lowest BCUT2D eigenvalue weighted by Gasteiger charge is -2.30. The maximum absolute atomic E-state index is 13.0. The fourth-order valence-electron chi connectivity index (χ4n) is 3.95. The lowest BCUT2D eigenvalue weighted by Crippen LogP contribution is -2.41. The quantitative estimate of drug-likeness (QED) is 0.585. The molecule has 0 bridgehead atoms. The van der Waals surface area contributed by atoms with E-state index in [9.17, 15) is 18.0 Å². The normalized spacial score (nSPS) is 15.5. The summed E-state index contributed by atoms with van der Waals surface area (Å²) in [5, 5.41) is 5.76. The van der Waals surface area contributed by atoms with Crippen molar-refractivity contribution in [3.05, 3.63) is 59.7 Å². The maximum atomic E-state index is 13.0. The molecular weight excluding hydrogens is 450 g/mol. The molecule has 184 valence electrons. The first kappa shape index (κ1) is 25.9. The Bertz CT molecular complexity index is 1100. The van der Waals surface area contributed by atoms with Crippen LogP contribution in [0.25, 0.3) is 0 Å². The minimum atomic E-state index is -3.60. The van der Waals surface area contributed by atoms with Crippen molar-refractivity contribution < 1.29 is 18.0 Å². The summed E-state index contributed by atoms with van der Waals surface area (Å²) in [6.45, 7) is 9.27. The van der Waals surface area contributed by atoms with Crippen LogP contribution in [0.5, 0.6) is 0 Å². The number of nitrogens with zero attached hydrogens (tertiary/aromatic N) is 1. The van der Waals surface area contributed by atoms with Gasteiger partial charge in [-0.2, -0.15) is 4.31 Å². The third kappa shape index (κ3) is 6.24. The number of hydrogen-bond acceptors (Lipinski definition) is 4.